The molecule has 0 spiro atoms. The Morgan fingerprint density at radius 1 is 1.43 bits per heavy atom. The van der Waals surface area contributed by atoms with E-state index in [4.69, 9.17) is 5.11 Å². The van der Waals surface area contributed by atoms with Gasteiger partial charge in [0, 0.05) is 0 Å². The molecule has 1 nitrogen and oxygen atoms in total. The van der Waals surface area contributed by atoms with Gasteiger partial charge in [-0.15, -0.1) is 0 Å². The van der Waals surface area contributed by atoms with Gasteiger partial charge in [-0.3, -0.25) is 0 Å². The van der Waals surface area contributed by atoms with E-state index < -0.39 is 0 Å². The summed E-state index contributed by atoms with van der Waals surface area (Å²) in [5, 5.41) is 8.44. The summed E-state index contributed by atoms with van der Waals surface area (Å²) < 4.78 is 0. The molecular formula is C6H14O. The molecule has 2 unspecified atom stereocenters. The summed E-state index contributed by atoms with van der Waals surface area (Å²) >= 11 is 0. The summed E-state index contributed by atoms with van der Waals surface area (Å²) in [6.45, 7) is 6.05. The number of aliphatic hydroxyl groups is 1. The Morgan fingerprint density at radius 3 is 1.57 bits per heavy atom. The van der Waals surface area contributed by atoms with E-state index in [9.17, 15) is 0 Å². The van der Waals surface area contributed by atoms with Crippen LogP contribution in [0.1, 0.15) is 27.2 Å². The van der Waals surface area contributed by atoms with E-state index in [1.807, 2.05) is 20.8 Å². The van der Waals surface area contributed by atoms with Gasteiger partial charge in [-0.1, -0.05) is 20.8 Å². The Morgan fingerprint density at radius 2 is 1.57 bits per heavy atom. The van der Waals surface area contributed by atoms with Crippen LogP contribution in [0.2, 0.25) is 0 Å². The van der Waals surface area contributed by atoms with Crippen molar-refractivity contribution in [2.24, 2.45) is 5.92 Å². The van der Waals surface area contributed by atoms with Crippen molar-refractivity contribution >= 4 is 0 Å². The lowest BCUT2D eigenvalue weighted by molar-refractivity contribution is 0.263. The first-order valence-corrected chi connectivity index (χ1v) is 2.99. The molecule has 7 heavy (non-hydrogen) atoms. The molecule has 1 aliphatic carbocycles. The van der Waals surface area contributed by atoms with Gasteiger partial charge in [0.1, 0.15) is 0 Å². The minimum Gasteiger partial charge on any atom is -0.393 e. The van der Waals surface area contributed by atoms with Crippen LogP contribution in [0.5, 0.6) is 0 Å². The molecule has 1 saturated carbocycles. The highest BCUT2D eigenvalue weighted by Gasteiger charge is 2.29. The van der Waals surface area contributed by atoms with Crippen LogP contribution in [-0.4, -0.2) is 11.2 Å². The standard InChI is InChI=1S/C4H8O.C2H6/c1-3-2-4(3)5;1-2/h3-5H,2H2,1H3;1-2H3. The van der Waals surface area contributed by atoms with Crippen molar-refractivity contribution < 1.29 is 5.11 Å². The van der Waals surface area contributed by atoms with Crippen LogP contribution in [-0.2, 0) is 0 Å². The molecule has 0 aromatic heterocycles. The summed E-state index contributed by atoms with van der Waals surface area (Å²) in [6.07, 6.45) is 1.08. The number of hydrogen-bond acceptors (Lipinski definition) is 1. The number of rotatable bonds is 0. The van der Waals surface area contributed by atoms with Gasteiger partial charge in [0.05, 0.1) is 6.10 Å². The first-order chi connectivity index (χ1) is 3.30. The monoisotopic (exact) mass is 102 g/mol. The molecule has 1 N–H and O–H groups in total. The van der Waals surface area contributed by atoms with E-state index in [0.29, 0.717) is 5.92 Å². The summed E-state index contributed by atoms with van der Waals surface area (Å²) in [5.41, 5.74) is 0. The van der Waals surface area contributed by atoms with Crippen LogP contribution in [0.3, 0.4) is 0 Å². The Kier molecular flexibility index (Phi) is 3.01. The third kappa shape index (κ3) is 2.63. The molecular weight excluding hydrogens is 88.1 g/mol. The maximum atomic E-state index is 8.44. The van der Waals surface area contributed by atoms with Crippen molar-refractivity contribution in [1.82, 2.24) is 0 Å². The zero-order chi connectivity index (χ0) is 5.86. The molecule has 44 valence electrons. The molecule has 2 atom stereocenters. The van der Waals surface area contributed by atoms with Crippen molar-refractivity contribution in [2.45, 2.75) is 33.3 Å². The number of hydrogen-bond donors (Lipinski definition) is 1. The molecule has 0 saturated heterocycles. The highest BCUT2D eigenvalue weighted by molar-refractivity contribution is 4.80. The van der Waals surface area contributed by atoms with Gasteiger partial charge in [0.2, 0.25) is 0 Å². The van der Waals surface area contributed by atoms with Crippen molar-refractivity contribution in [3.63, 3.8) is 0 Å². The second kappa shape index (κ2) is 3.03. The first kappa shape index (κ1) is 6.96. The number of aliphatic hydroxyl groups excluding tert-OH is 1. The van der Waals surface area contributed by atoms with E-state index in [-0.39, 0.29) is 6.10 Å². The molecule has 0 radical (unpaired) electrons. The van der Waals surface area contributed by atoms with E-state index in [1.54, 1.807) is 0 Å². The molecule has 0 bridgehead atoms. The molecule has 1 rings (SSSR count). The largest absolute Gasteiger partial charge is 0.393 e. The molecule has 1 aliphatic rings. The van der Waals surface area contributed by atoms with Crippen molar-refractivity contribution in [1.29, 1.82) is 0 Å². The maximum Gasteiger partial charge on any atom is 0.0570 e. The van der Waals surface area contributed by atoms with E-state index in [2.05, 4.69) is 0 Å². The molecule has 0 aromatic carbocycles. The van der Waals surface area contributed by atoms with Gasteiger partial charge >= 0.3 is 0 Å². The third-order valence-corrected chi connectivity index (χ3v) is 1.07. The first-order valence-electron chi connectivity index (χ1n) is 2.99. The van der Waals surface area contributed by atoms with Crippen LogP contribution < -0.4 is 0 Å². The van der Waals surface area contributed by atoms with Crippen LogP contribution in [0.4, 0.5) is 0 Å². The van der Waals surface area contributed by atoms with Crippen LogP contribution in [0, 0.1) is 5.92 Å². The third-order valence-electron chi connectivity index (χ3n) is 1.07. The van der Waals surface area contributed by atoms with Crippen LogP contribution >= 0.6 is 0 Å². The lowest BCUT2D eigenvalue weighted by Gasteiger charge is -1.68. The summed E-state index contributed by atoms with van der Waals surface area (Å²) in [4.78, 5) is 0. The SMILES string of the molecule is CC.CC1CC1O. The second-order valence-corrected chi connectivity index (χ2v) is 1.78. The lowest BCUT2D eigenvalue weighted by Crippen LogP contribution is -1.74. The fourth-order valence-corrected chi connectivity index (χ4v) is 0.302. The summed E-state index contributed by atoms with van der Waals surface area (Å²) in [7, 11) is 0. The maximum absolute atomic E-state index is 8.44. The van der Waals surface area contributed by atoms with Crippen LogP contribution in [0.25, 0.3) is 0 Å². The van der Waals surface area contributed by atoms with Gasteiger partial charge in [-0.25, -0.2) is 0 Å². The minimum absolute atomic E-state index is 0.0509. The summed E-state index contributed by atoms with van der Waals surface area (Å²) in [6, 6.07) is 0. The quantitative estimate of drug-likeness (QED) is 0.490. The molecule has 1 heteroatoms. The van der Waals surface area contributed by atoms with Gasteiger partial charge in [0.25, 0.3) is 0 Å². The fraction of sp³-hybridized carbons (Fsp3) is 1.00. The zero-order valence-corrected chi connectivity index (χ0v) is 5.31. The van der Waals surface area contributed by atoms with Gasteiger partial charge in [0.15, 0.2) is 0 Å². The highest BCUT2D eigenvalue weighted by Crippen LogP contribution is 2.27. The fourth-order valence-electron chi connectivity index (χ4n) is 0.302. The molecule has 1 fully saturated rings. The Hall–Kier alpha value is -0.0400. The van der Waals surface area contributed by atoms with E-state index in [0.717, 1.165) is 6.42 Å². The normalized spacial score (nSPS) is 36.0. The van der Waals surface area contributed by atoms with E-state index in [1.165, 1.54) is 0 Å². The lowest BCUT2D eigenvalue weighted by atomic mass is 10.5. The van der Waals surface area contributed by atoms with Crippen molar-refractivity contribution in [3.8, 4) is 0 Å². The molecule has 0 aromatic rings. The Balaban J connectivity index is 0.000000162. The smallest absolute Gasteiger partial charge is 0.0570 e. The van der Waals surface area contributed by atoms with E-state index >= 15 is 0 Å². The van der Waals surface area contributed by atoms with Crippen molar-refractivity contribution in [3.05, 3.63) is 0 Å². The average Bonchev–Trinajstić information content (AvgIpc) is 2.27. The molecule has 0 heterocycles. The minimum atomic E-state index is 0.0509. The second-order valence-electron chi connectivity index (χ2n) is 1.78. The Labute approximate surface area is 45.4 Å². The molecule has 0 amide bonds. The predicted octanol–water partition coefficient (Wildman–Crippen LogP) is 1.41. The van der Waals surface area contributed by atoms with Crippen molar-refractivity contribution in [2.75, 3.05) is 0 Å². The molecule has 0 aliphatic heterocycles. The topological polar surface area (TPSA) is 20.2 Å². The Bertz CT molecular complexity index is 37.4. The van der Waals surface area contributed by atoms with Gasteiger partial charge in [-0.05, 0) is 12.3 Å². The van der Waals surface area contributed by atoms with Crippen LogP contribution in [0.15, 0.2) is 0 Å². The predicted molar refractivity (Wildman–Crippen MR) is 31.1 cm³/mol. The summed E-state index contributed by atoms with van der Waals surface area (Å²) in [5.74, 6) is 0.606. The average molecular weight is 102 g/mol. The van der Waals surface area contributed by atoms with Gasteiger partial charge < -0.3 is 5.11 Å². The van der Waals surface area contributed by atoms with Gasteiger partial charge in [-0.2, -0.15) is 0 Å². The zero-order valence-electron chi connectivity index (χ0n) is 5.31. The highest BCUT2D eigenvalue weighted by atomic mass is 16.3.